The number of fused-ring (bicyclic) bond motifs is 1. The Labute approximate surface area is 267 Å². The summed E-state index contributed by atoms with van der Waals surface area (Å²) in [6, 6.07) is 21.8. The number of hydrogen-bond donors (Lipinski definition) is 1. The molecule has 0 unspecified atom stereocenters. The summed E-state index contributed by atoms with van der Waals surface area (Å²) in [5, 5.41) is 3.22. The Morgan fingerprint density at radius 2 is 1.66 bits per heavy atom. The molecule has 1 heterocycles. The number of nitrogens with zero attached hydrogens (tertiary/aromatic N) is 2. The van der Waals surface area contributed by atoms with E-state index >= 15 is 0 Å². The zero-order valence-electron chi connectivity index (χ0n) is 24.8. The van der Waals surface area contributed by atoms with E-state index in [9.17, 15) is 18.0 Å². The van der Waals surface area contributed by atoms with Crippen molar-refractivity contribution < 1.29 is 27.5 Å². The second kappa shape index (κ2) is 14.5. The molecule has 2 amide bonds. The maximum atomic E-state index is 14.0. The molecule has 1 saturated carbocycles. The number of hydrogen-bond acceptors (Lipinski definition) is 6. The van der Waals surface area contributed by atoms with Crippen LogP contribution in [0.15, 0.2) is 77.3 Å². The van der Waals surface area contributed by atoms with Gasteiger partial charge in [0.15, 0.2) is 11.5 Å². The molecule has 1 fully saturated rings. The van der Waals surface area contributed by atoms with Crippen molar-refractivity contribution in [2.75, 3.05) is 23.9 Å². The maximum absolute atomic E-state index is 14.0. The molecule has 1 atom stereocenters. The van der Waals surface area contributed by atoms with Gasteiger partial charge in [0, 0.05) is 42.5 Å². The van der Waals surface area contributed by atoms with Gasteiger partial charge < -0.3 is 19.7 Å². The van der Waals surface area contributed by atoms with E-state index in [-0.39, 0.29) is 50.6 Å². The molecule has 0 bridgehead atoms. The van der Waals surface area contributed by atoms with Crippen molar-refractivity contribution in [1.29, 1.82) is 0 Å². The standard InChI is InChI=1S/C33H38BrN3O6S/c1-44(40,41)37(28-17-18-30-31(21-28)43-23-42-30)19-7-12-32(38)36(22-25-13-15-26(34)16-14-25)29(20-24-8-3-2-4-9-24)33(39)35-27-10-5-6-11-27/h2-4,8-9,13-18,21,27,29H,5-7,10-12,19-20,22-23H2,1H3,(H,35,39)/t29-/m1/s1. The quantitative estimate of drug-likeness (QED) is 0.258. The van der Waals surface area contributed by atoms with Crippen LogP contribution < -0.4 is 19.1 Å². The van der Waals surface area contributed by atoms with Gasteiger partial charge >= 0.3 is 0 Å². The maximum Gasteiger partial charge on any atom is 0.243 e. The highest BCUT2D eigenvalue weighted by atomic mass is 79.9. The Bertz CT molecular complexity index is 1550. The highest BCUT2D eigenvalue weighted by Crippen LogP contribution is 2.36. The Balaban J connectivity index is 1.37. The zero-order valence-corrected chi connectivity index (χ0v) is 27.2. The number of benzene rings is 3. The second-order valence-electron chi connectivity index (χ2n) is 11.3. The third-order valence-corrected chi connectivity index (χ3v) is 9.76. The summed E-state index contributed by atoms with van der Waals surface area (Å²) in [6.45, 7) is 0.423. The van der Waals surface area contributed by atoms with E-state index < -0.39 is 16.1 Å². The fraction of sp³-hybridized carbons (Fsp3) is 0.394. The van der Waals surface area contributed by atoms with Crippen molar-refractivity contribution >= 4 is 43.5 Å². The number of carbonyl (C=O) groups is 2. The topological polar surface area (TPSA) is 105 Å². The van der Waals surface area contributed by atoms with E-state index in [1.165, 1.54) is 4.31 Å². The molecule has 0 spiro atoms. The predicted molar refractivity (Wildman–Crippen MR) is 173 cm³/mol. The van der Waals surface area contributed by atoms with E-state index in [1.54, 1.807) is 23.1 Å². The number of carbonyl (C=O) groups excluding carboxylic acids is 2. The summed E-state index contributed by atoms with van der Waals surface area (Å²) >= 11 is 3.47. The van der Waals surface area contributed by atoms with Crippen LogP contribution in [0.2, 0.25) is 0 Å². The Morgan fingerprint density at radius 3 is 2.36 bits per heavy atom. The minimum absolute atomic E-state index is 0.0646. The number of rotatable bonds is 13. The second-order valence-corrected chi connectivity index (χ2v) is 14.1. The average Bonchev–Trinajstić information content (AvgIpc) is 3.69. The van der Waals surface area contributed by atoms with Gasteiger partial charge in [-0.1, -0.05) is 71.2 Å². The summed E-state index contributed by atoms with van der Waals surface area (Å²) in [7, 11) is -3.65. The molecule has 2 aliphatic rings. The molecule has 3 aromatic carbocycles. The normalized spacial score (nSPS) is 15.1. The Hall–Kier alpha value is -3.57. The van der Waals surface area contributed by atoms with Crippen molar-refractivity contribution in [3.05, 3.63) is 88.4 Å². The lowest BCUT2D eigenvalue weighted by atomic mass is 10.0. The van der Waals surface area contributed by atoms with Gasteiger partial charge in [-0.15, -0.1) is 0 Å². The lowest BCUT2D eigenvalue weighted by Crippen LogP contribution is -2.52. The SMILES string of the molecule is CS(=O)(=O)N(CCCC(=O)N(Cc1ccc(Br)cc1)[C@H](Cc1ccccc1)C(=O)NC1CCCC1)c1ccc2c(c1)OCO2. The summed E-state index contributed by atoms with van der Waals surface area (Å²) in [5.41, 5.74) is 2.29. The molecule has 234 valence electrons. The first-order chi connectivity index (χ1) is 21.2. The van der Waals surface area contributed by atoms with Crippen LogP contribution in [0.3, 0.4) is 0 Å². The minimum Gasteiger partial charge on any atom is -0.454 e. The van der Waals surface area contributed by atoms with Crippen LogP contribution in [0, 0.1) is 0 Å². The van der Waals surface area contributed by atoms with Crippen molar-refractivity contribution in [1.82, 2.24) is 10.2 Å². The molecule has 0 radical (unpaired) electrons. The van der Waals surface area contributed by atoms with Crippen LogP contribution in [0.4, 0.5) is 5.69 Å². The van der Waals surface area contributed by atoms with Gasteiger partial charge in [-0.2, -0.15) is 0 Å². The van der Waals surface area contributed by atoms with Gasteiger partial charge in [-0.25, -0.2) is 8.42 Å². The number of nitrogens with one attached hydrogen (secondary N) is 1. The van der Waals surface area contributed by atoms with Crippen molar-refractivity contribution in [3.8, 4) is 11.5 Å². The minimum atomic E-state index is -3.65. The molecular formula is C33H38BrN3O6S. The molecule has 0 aromatic heterocycles. The lowest BCUT2D eigenvalue weighted by molar-refractivity contribution is -0.141. The van der Waals surface area contributed by atoms with E-state index in [2.05, 4.69) is 21.2 Å². The van der Waals surface area contributed by atoms with Crippen molar-refractivity contribution in [2.45, 2.75) is 63.6 Å². The van der Waals surface area contributed by atoms with E-state index in [1.807, 2.05) is 54.6 Å². The van der Waals surface area contributed by atoms with Gasteiger partial charge in [-0.3, -0.25) is 13.9 Å². The monoisotopic (exact) mass is 683 g/mol. The summed E-state index contributed by atoms with van der Waals surface area (Å²) in [4.78, 5) is 29.6. The highest BCUT2D eigenvalue weighted by molar-refractivity contribution is 9.10. The van der Waals surface area contributed by atoms with Crippen LogP contribution in [0.5, 0.6) is 11.5 Å². The van der Waals surface area contributed by atoms with E-state index in [0.717, 1.165) is 47.5 Å². The van der Waals surface area contributed by atoms with Gasteiger partial charge in [0.25, 0.3) is 0 Å². The number of halogens is 1. The van der Waals surface area contributed by atoms with Gasteiger partial charge in [-0.05, 0) is 54.7 Å². The number of sulfonamides is 1. The lowest BCUT2D eigenvalue weighted by Gasteiger charge is -2.33. The molecule has 1 N–H and O–H groups in total. The molecule has 11 heteroatoms. The molecule has 1 aliphatic carbocycles. The highest BCUT2D eigenvalue weighted by Gasteiger charge is 2.32. The predicted octanol–water partition coefficient (Wildman–Crippen LogP) is 5.42. The number of ether oxygens (including phenoxy) is 2. The largest absolute Gasteiger partial charge is 0.454 e. The van der Waals surface area contributed by atoms with Crippen LogP contribution in [0.25, 0.3) is 0 Å². The van der Waals surface area contributed by atoms with E-state index in [4.69, 9.17) is 9.47 Å². The first-order valence-corrected chi connectivity index (χ1v) is 17.6. The fourth-order valence-corrected chi connectivity index (χ4v) is 6.97. The third kappa shape index (κ3) is 8.32. The van der Waals surface area contributed by atoms with Crippen LogP contribution in [-0.4, -0.2) is 56.8 Å². The summed E-state index contributed by atoms with van der Waals surface area (Å²) < 4.78 is 38.6. The molecule has 0 saturated heterocycles. The van der Waals surface area contributed by atoms with Crippen molar-refractivity contribution in [3.63, 3.8) is 0 Å². The van der Waals surface area contributed by atoms with Crippen LogP contribution >= 0.6 is 15.9 Å². The fourth-order valence-electron chi connectivity index (χ4n) is 5.75. The molecule has 3 aromatic rings. The molecule has 44 heavy (non-hydrogen) atoms. The Kier molecular flexibility index (Phi) is 10.5. The average molecular weight is 685 g/mol. The molecule has 1 aliphatic heterocycles. The summed E-state index contributed by atoms with van der Waals surface area (Å²) in [6.07, 6.45) is 5.87. The smallest absolute Gasteiger partial charge is 0.243 e. The molecule has 9 nitrogen and oxygen atoms in total. The summed E-state index contributed by atoms with van der Waals surface area (Å²) in [5.74, 6) is 0.658. The van der Waals surface area contributed by atoms with Crippen molar-refractivity contribution in [2.24, 2.45) is 0 Å². The van der Waals surface area contributed by atoms with Crippen LogP contribution in [-0.2, 0) is 32.6 Å². The Morgan fingerprint density at radius 1 is 0.955 bits per heavy atom. The van der Waals surface area contributed by atoms with E-state index in [0.29, 0.717) is 23.6 Å². The number of anilines is 1. The number of amides is 2. The van der Waals surface area contributed by atoms with Gasteiger partial charge in [0.05, 0.1) is 11.9 Å². The zero-order chi connectivity index (χ0) is 31.1. The van der Waals surface area contributed by atoms with Gasteiger partial charge in [0.1, 0.15) is 6.04 Å². The third-order valence-electron chi connectivity index (χ3n) is 8.04. The first-order valence-electron chi connectivity index (χ1n) is 14.9. The molecule has 5 rings (SSSR count). The molecular weight excluding hydrogens is 646 g/mol. The van der Waals surface area contributed by atoms with Crippen LogP contribution in [0.1, 0.15) is 49.7 Å². The van der Waals surface area contributed by atoms with Gasteiger partial charge in [0.2, 0.25) is 28.6 Å². The first kappa shape index (κ1) is 31.8.